The van der Waals surface area contributed by atoms with Crippen molar-refractivity contribution in [2.24, 2.45) is 0 Å². The van der Waals surface area contributed by atoms with E-state index < -0.39 is 0 Å². The van der Waals surface area contributed by atoms with Crippen LogP contribution in [-0.4, -0.2) is 0 Å². The standard InChI is InChI=1S/C50H36N2/c1-3-17-43(18-4-1)51(49-23-11-15-41-13-7-9-21-47(41)49)45-33-29-39(30-34-45)37-25-27-38(28-26-37)40-31-35-46(36-32-40)52(44-19-5-2-6-20-44)50-24-12-16-42-14-8-10-22-48(42)50/h1-36H/i29D,30D,33D,34D. The van der Waals surface area contributed by atoms with Gasteiger partial charge in [0.05, 0.1) is 16.9 Å². The Bertz CT molecular complexity index is 2800. The summed E-state index contributed by atoms with van der Waals surface area (Å²) in [6.45, 7) is 0. The molecule has 0 atom stereocenters. The topological polar surface area (TPSA) is 6.48 Å². The Balaban J connectivity index is 1.08. The van der Waals surface area contributed by atoms with Gasteiger partial charge in [-0.25, -0.2) is 0 Å². The Morgan fingerprint density at radius 3 is 1.13 bits per heavy atom. The van der Waals surface area contributed by atoms with Crippen molar-refractivity contribution in [3.8, 4) is 22.3 Å². The number of fused-ring (bicyclic) bond motifs is 2. The first-order chi connectivity index (χ1) is 27.5. The molecule has 0 fully saturated rings. The minimum atomic E-state index is -0.105. The molecule has 0 unspecified atom stereocenters. The third-order valence-corrected chi connectivity index (χ3v) is 9.51. The van der Waals surface area contributed by atoms with Gasteiger partial charge < -0.3 is 9.80 Å². The summed E-state index contributed by atoms with van der Waals surface area (Å²) in [6.07, 6.45) is 0. The van der Waals surface area contributed by atoms with Crippen molar-refractivity contribution in [2.75, 3.05) is 9.80 Å². The van der Waals surface area contributed by atoms with E-state index in [1.807, 2.05) is 108 Å². The zero-order chi connectivity index (χ0) is 38.2. The van der Waals surface area contributed by atoms with E-state index in [2.05, 4.69) is 95.9 Å². The van der Waals surface area contributed by atoms with Crippen molar-refractivity contribution in [1.82, 2.24) is 0 Å². The second-order valence-electron chi connectivity index (χ2n) is 12.7. The molecule has 2 nitrogen and oxygen atoms in total. The van der Waals surface area contributed by atoms with Crippen LogP contribution in [0.5, 0.6) is 0 Å². The lowest BCUT2D eigenvalue weighted by Crippen LogP contribution is -2.10. The average molecular weight is 669 g/mol. The van der Waals surface area contributed by atoms with Gasteiger partial charge in [-0.1, -0.05) is 158 Å². The molecule has 0 aliphatic heterocycles. The highest BCUT2D eigenvalue weighted by atomic mass is 15.1. The van der Waals surface area contributed by atoms with Gasteiger partial charge in [0.2, 0.25) is 0 Å². The largest absolute Gasteiger partial charge is 0.310 e. The molecule has 0 saturated heterocycles. The normalized spacial score (nSPS) is 12.2. The maximum absolute atomic E-state index is 9.32. The van der Waals surface area contributed by atoms with Crippen molar-refractivity contribution in [1.29, 1.82) is 0 Å². The molecule has 246 valence electrons. The molecular weight excluding hydrogens is 629 g/mol. The summed E-state index contributed by atoms with van der Waals surface area (Å²) in [5.74, 6) is 0. The van der Waals surface area contributed by atoms with Crippen LogP contribution in [-0.2, 0) is 0 Å². The molecule has 52 heavy (non-hydrogen) atoms. The van der Waals surface area contributed by atoms with Gasteiger partial charge in [-0.3, -0.25) is 0 Å². The van der Waals surface area contributed by atoms with Crippen LogP contribution < -0.4 is 9.80 Å². The second kappa shape index (κ2) is 13.8. The van der Waals surface area contributed by atoms with Crippen LogP contribution >= 0.6 is 0 Å². The zero-order valence-corrected chi connectivity index (χ0v) is 28.4. The van der Waals surface area contributed by atoms with Gasteiger partial charge in [-0.05, 0) is 93.6 Å². The summed E-state index contributed by atoms with van der Waals surface area (Å²) in [5.41, 5.74) is 7.82. The third-order valence-electron chi connectivity index (χ3n) is 9.51. The summed E-state index contributed by atoms with van der Waals surface area (Å²) in [5, 5.41) is 4.31. The fraction of sp³-hybridized carbons (Fsp3) is 0. The van der Waals surface area contributed by atoms with E-state index in [0.717, 1.165) is 50.3 Å². The highest BCUT2D eigenvalue weighted by Crippen LogP contribution is 2.41. The first kappa shape index (κ1) is 26.9. The molecule has 0 bridgehead atoms. The van der Waals surface area contributed by atoms with Gasteiger partial charge in [0.15, 0.2) is 0 Å². The van der Waals surface area contributed by atoms with Gasteiger partial charge in [0, 0.05) is 33.5 Å². The maximum Gasteiger partial charge on any atom is 0.0645 e. The number of benzene rings is 9. The smallest absolute Gasteiger partial charge is 0.0645 e. The highest BCUT2D eigenvalue weighted by Gasteiger charge is 2.17. The van der Waals surface area contributed by atoms with Crippen molar-refractivity contribution >= 4 is 55.7 Å². The Hall–Kier alpha value is -6.90. The van der Waals surface area contributed by atoms with Crippen LogP contribution in [0.4, 0.5) is 34.1 Å². The molecule has 0 aliphatic carbocycles. The van der Waals surface area contributed by atoms with Gasteiger partial charge >= 0.3 is 0 Å². The SMILES string of the molecule is [2H]c1c([2H])c(N(c2ccccc2)c2cccc3ccccc23)c([2H])c([2H])c1-c1ccc(-c2ccc(N(c3ccccc3)c3cccc4ccccc34)cc2)cc1. The molecule has 0 aromatic heterocycles. The molecule has 0 spiro atoms. The van der Waals surface area contributed by atoms with E-state index in [-0.39, 0.29) is 35.4 Å². The molecule has 0 amide bonds. The van der Waals surface area contributed by atoms with Crippen LogP contribution in [0.25, 0.3) is 43.8 Å². The minimum absolute atomic E-state index is 0.0892. The molecule has 9 aromatic rings. The molecule has 0 aliphatic rings. The lowest BCUT2D eigenvalue weighted by Gasteiger charge is -2.27. The maximum atomic E-state index is 9.32. The number of para-hydroxylation sites is 2. The molecule has 0 saturated carbocycles. The Labute approximate surface area is 310 Å². The Kier molecular flexibility index (Phi) is 7.13. The predicted octanol–water partition coefficient (Wildman–Crippen LogP) is 14.3. The van der Waals surface area contributed by atoms with Gasteiger partial charge in [0.25, 0.3) is 0 Å². The Morgan fingerprint density at radius 2 is 0.635 bits per heavy atom. The van der Waals surface area contributed by atoms with E-state index >= 15 is 0 Å². The summed E-state index contributed by atoms with van der Waals surface area (Å²) < 4.78 is 37.1. The number of hydrogen-bond acceptors (Lipinski definition) is 2. The first-order valence-corrected chi connectivity index (χ1v) is 17.4. The molecular formula is C50H36N2. The van der Waals surface area contributed by atoms with Crippen LogP contribution in [0.3, 0.4) is 0 Å². The van der Waals surface area contributed by atoms with Crippen LogP contribution in [0, 0.1) is 0 Å². The molecule has 0 radical (unpaired) electrons. The molecule has 9 rings (SSSR count). The highest BCUT2D eigenvalue weighted by molar-refractivity contribution is 6.00. The first-order valence-electron chi connectivity index (χ1n) is 19.4. The van der Waals surface area contributed by atoms with Crippen LogP contribution in [0.1, 0.15) is 5.48 Å². The zero-order valence-electron chi connectivity index (χ0n) is 32.4. The van der Waals surface area contributed by atoms with Gasteiger partial charge in [-0.15, -0.1) is 0 Å². The fourth-order valence-electron chi connectivity index (χ4n) is 6.97. The van der Waals surface area contributed by atoms with Crippen LogP contribution in [0.2, 0.25) is 0 Å². The summed E-state index contributed by atoms with van der Waals surface area (Å²) in [4.78, 5) is 4.12. The van der Waals surface area contributed by atoms with Crippen LogP contribution in [0.15, 0.2) is 218 Å². The Morgan fingerprint density at radius 1 is 0.269 bits per heavy atom. The number of hydrogen-bond donors (Lipinski definition) is 0. The lowest BCUT2D eigenvalue weighted by atomic mass is 9.99. The van der Waals surface area contributed by atoms with E-state index in [9.17, 15) is 5.48 Å². The monoisotopic (exact) mass is 668 g/mol. The lowest BCUT2D eigenvalue weighted by molar-refractivity contribution is 1.30. The van der Waals surface area contributed by atoms with Crippen molar-refractivity contribution in [3.05, 3.63) is 218 Å². The molecule has 0 heterocycles. The van der Waals surface area contributed by atoms with Gasteiger partial charge in [-0.2, -0.15) is 0 Å². The summed E-state index contributed by atoms with van der Waals surface area (Å²) in [7, 11) is 0. The average Bonchev–Trinajstić information content (AvgIpc) is 3.26. The second-order valence-corrected chi connectivity index (χ2v) is 12.7. The quantitative estimate of drug-likeness (QED) is 0.159. The van der Waals surface area contributed by atoms with Crippen molar-refractivity contribution in [2.45, 2.75) is 0 Å². The fourth-order valence-corrected chi connectivity index (χ4v) is 6.97. The predicted molar refractivity (Wildman–Crippen MR) is 222 cm³/mol. The number of anilines is 6. The van der Waals surface area contributed by atoms with E-state index in [1.54, 1.807) is 0 Å². The van der Waals surface area contributed by atoms with E-state index in [4.69, 9.17) is 0 Å². The number of nitrogens with zero attached hydrogens (tertiary/aromatic N) is 2. The van der Waals surface area contributed by atoms with Gasteiger partial charge in [0.1, 0.15) is 0 Å². The minimum Gasteiger partial charge on any atom is -0.310 e. The molecule has 0 N–H and O–H groups in total. The van der Waals surface area contributed by atoms with Crippen molar-refractivity contribution in [3.63, 3.8) is 0 Å². The molecule has 2 heteroatoms. The third kappa shape index (κ3) is 5.97. The van der Waals surface area contributed by atoms with E-state index in [0.29, 0.717) is 5.56 Å². The summed E-state index contributed by atoms with van der Waals surface area (Å²) in [6, 6.07) is 64.6. The summed E-state index contributed by atoms with van der Waals surface area (Å²) >= 11 is 0. The number of rotatable bonds is 8. The molecule has 9 aromatic carbocycles. The van der Waals surface area contributed by atoms with Crippen molar-refractivity contribution < 1.29 is 5.48 Å². The van der Waals surface area contributed by atoms with E-state index in [1.165, 1.54) is 10.8 Å².